The number of pyridine rings is 1. The average Bonchev–Trinajstić information content (AvgIpc) is 2.26. The van der Waals surface area contributed by atoms with E-state index >= 15 is 0 Å². The summed E-state index contributed by atoms with van der Waals surface area (Å²) in [6.45, 7) is -0.178. The number of rotatable bonds is 4. The van der Waals surface area contributed by atoms with E-state index in [2.05, 4.69) is 10.3 Å². The molecule has 1 aromatic heterocycles. The summed E-state index contributed by atoms with van der Waals surface area (Å²) < 4.78 is 0. The van der Waals surface area contributed by atoms with Gasteiger partial charge in [0.1, 0.15) is 11.9 Å². The predicted molar refractivity (Wildman–Crippen MR) is 54.9 cm³/mol. The summed E-state index contributed by atoms with van der Waals surface area (Å²) in [5, 5.41) is 29.0. The number of aliphatic hydroxyl groups excluding tert-OH is 2. The maximum Gasteiger partial charge on any atom is 0.149 e. The van der Waals surface area contributed by atoms with Crippen molar-refractivity contribution in [3.05, 3.63) is 17.8 Å². The highest BCUT2D eigenvalue weighted by molar-refractivity contribution is 5.63. The largest absolute Gasteiger partial charge is 0.396 e. The molecule has 0 bridgehead atoms. The molecule has 0 spiro atoms. The molecule has 5 N–H and O–H groups in total. The number of anilines is 2. The molecule has 80 valence electrons. The lowest BCUT2D eigenvalue weighted by molar-refractivity contribution is 0.105. The lowest BCUT2D eigenvalue weighted by atomic mass is 10.2. The van der Waals surface area contributed by atoms with Gasteiger partial charge in [0.25, 0.3) is 0 Å². The highest BCUT2D eigenvalue weighted by atomic mass is 16.3. The maximum atomic E-state index is 9.08. The quantitative estimate of drug-likeness (QED) is 0.520. The first-order valence-corrected chi connectivity index (χ1v) is 4.35. The molecular weight excluding hydrogens is 196 g/mol. The number of nitrogens with one attached hydrogen (secondary N) is 1. The lowest BCUT2D eigenvalue weighted by Crippen LogP contribution is -2.23. The Hall–Kier alpha value is -1.84. The van der Waals surface area contributed by atoms with Crippen molar-refractivity contribution in [1.29, 1.82) is 5.26 Å². The van der Waals surface area contributed by atoms with Gasteiger partial charge in [-0.25, -0.2) is 4.98 Å². The first-order chi connectivity index (χ1) is 7.17. The number of aliphatic hydroxyl groups is 2. The van der Waals surface area contributed by atoms with Crippen molar-refractivity contribution >= 4 is 11.5 Å². The van der Waals surface area contributed by atoms with Gasteiger partial charge in [0, 0.05) is 12.7 Å². The van der Waals surface area contributed by atoms with Crippen LogP contribution >= 0.6 is 0 Å². The predicted octanol–water partition coefficient (Wildman–Crippen LogP) is -0.699. The number of nitrogens with two attached hydrogens (primary N) is 1. The smallest absolute Gasteiger partial charge is 0.149 e. The van der Waals surface area contributed by atoms with E-state index in [1.807, 2.05) is 6.07 Å². The minimum Gasteiger partial charge on any atom is -0.396 e. The zero-order chi connectivity index (χ0) is 11.3. The van der Waals surface area contributed by atoms with Gasteiger partial charge in [-0.1, -0.05) is 0 Å². The number of hydrogen-bond donors (Lipinski definition) is 4. The number of nitriles is 1. The number of nitrogens with zero attached hydrogens (tertiary/aromatic N) is 2. The molecule has 0 aromatic carbocycles. The van der Waals surface area contributed by atoms with Crippen molar-refractivity contribution in [1.82, 2.24) is 4.98 Å². The van der Waals surface area contributed by atoms with E-state index in [0.717, 1.165) is 0 Å². The molecule has 0 saturated heterocycles. The zero-order valence-electron chi connectivity index (χ0n) is 8.01. The molecule has 1 rings (SSSR count). The van der Waals surface area contributed by atoms with Crippen LogP contribution in [0.2, 0.25) is 0 Å². The van der Waals surface area contributed by atoms with Crippen molar-refractivity contribution in [2.24, 2.45) is 0 Å². The summed E-state index contributed by atoms with van der Waals surface area (Å²) in [4.78, 5) is 3.90. The van der Waals surface area contributed by atoms with Crippen LogP contribution in [0.4, 0.5) is 11.5 Å². The van der Waals surface area contributed by atoms with Crippen molar-refractivity contribution in [3.63, 3.8) is 0 Å². The third-order valence-electron chi connectivity index (χ3n) is 1.76. The van der Waals surface area contributed by atoms with E-state index in [-0.39, 0.29) is 13.2 Å². The SMILES string of the molecule is N#Cc1cnc(NCC(O)CO)c(N)c1. The first kappa shape index (κ1) is 11.2. The molecule has 0 amide bonds. The second kappa shape index (κ2) is 5.14. The van der Waals surface area contributed by atoms with Gasteiger partial charge in [0.05, 0.1) is 24.0 Å². The van der Waals surface area contributed by atoms with Crippen molar-refractivity contribution in [2.45, 2.75) is 6.10 Å². The molecule has 0 fully saturated rings. The van der Waals surface area contributed by atoms with Crippen molar-refractivity contribution in [2.75, 3.05) is 24.2 Å². The summed E-state index contributed by atoms with van der Waals surface area (Å²) in [5.74, 6) is 0.390. The first-order valence-electron chi connectivity index (χ1n) is 4.35. The number of aromatic nitrogens is 1. The van der Waals surface area contributed by atoms with Gasteiger partial charge in [-0.15, -0.1) is 0 Å². The van der Waals surface area contributed by atoms with Crippen LogP contribution < -0.4 is 11.1 Å². The van der Waals surface area contributed by atoms with Crippen LogP contribution in [-0.2, 0) is 0 Å². The molecule has 1 atom stereocenters. The molecule has 6 nitrogen and oxygen atoms in total. The Morgan fingerprint density at radius 2 is 2.40 bits per heavy atom. The normalized spacial score (nSPS) is 11.8. The van der Waals surface area contributed by atoms with E-state index in [1.54, 1.807) is 0 Å². The Balaban J connectivity index is 2.67. The third kappa shape index (κ3) is 3.09. The Morgan fingerprint density at radius 3 is 2.93 bits per heavy atom. The Labute approximate surface area is 87.0 Å². The number of nitrogen functional groups attached to an aromatic ring is 1. The molecule has 0 aliphatic carbocycles. The van der Waals surface area contributed by atoms with Gasteiger partial charge >= 0.3 is 0 Å². The van der Waals surface area contributed by atoms with Gasteiger partial charge in [-0.3, -0.25) is 0 Å². The molecule has 15 heavy (non-hydrogen) atoms. The number of hydrogen-bond acceptors (Lipinski definition) is 6. The lowest BCUT2D eigenvalue weighted by Gasteiger charge is -2.10. The minimum atomic E-state index is -0.859. The molecular formula is C9H12N4O2. The van der Waals surface area contributed by atoms with E-state index < -0.39 is 6.10 Å². The fourth-order valence-electron chi connectivity index (χ4n) is 0.970. The Kier molecular flexibility index (Phi) is 3.85. The molecule has 0 radical (unpaired) electrons. The van der Waals surface area contributed by atoms with Gasteiger partial charge in [-0.2, -0.15) is 5.26 Å². The summed E-state index contributed by atoms with van der Waals surface area (Å²) in [7, 11) is 0. The Morgan fingerprint density at radius 1 is 1.67 bits per heavy atom. The fraction of sp³-hybridized carbons (Fsp3) is 0.333. The topological polar surface area (TPSA) is 115 Å². The fourth-order valence-corrected chi connectivity index (χ4v) is 0.970. The third-order valence-corrected chi connectivity index (χ3v) is 1.76. The van der Waals surface area contributed by atoms with Crippen molar-refractivity contribution < 1.29 is 10.2 Å². The molecule has 1 heterocycles. The highest BCUT2D eigenvalue weighted by Gasteiger charge is 2.05. The minimum absolute atomic E-state index is 0.152. The van der Waals surface area contributed by atoms with Crippen LogP contribution in [0.25, 0.3) is 0 Å². The molecule has 6 heteroatoms. The van der Waals surface area contributed by atoms with Crippen LogP contribution in [0.1, 0.15) is 5.56 Å². The maximum absolute atomic E-state index is 9.08. The van der Waals surface area contributed by atoms with Crippen LogP contribution in [0.3, 0.4) is 0 Å². The summed E-state index contributed by atoms with van der Waals surface area (Å²) in [6, 6.07) is 3.40. The summed E-state index contributed by atoms with van der Waals surface area (Å²) >= 11 is 0. The standard InChI is InChI=1S/C9H12N4O2/c10-2-6-1-8(11)9(12-3-6)13-4-7(15)5-14/h1,3,7,14-15H,4-5,11H2,(H,12,13). The van der Waals surface area contributed by atoms with Crippen LogP contribution in [0, 0.1) is 11.3 Å². The molecule has 0 saturated carbocycles. The summed E-state index contributed by atoms with van der Waals surface area (Å²) in [5.41, 5.74) is 6.31. The van der Waals surface area contributed by atoms with E-state index in [4.69, 9.17) is 21.2 Å². The molecule has 0 aliphatic heterocycles. The Bertz CT molecular complexity index is 375. The highest BCUT2D eigenvalue weighted by Crippen LogP contribution is 2.15. The van der Waals surface area contributed by atoms with Crippen LogP contribution in [0.15, 0.2) is 12.3 Å². The average molecular weight is 208 g/mol. The second-order valence-electron chi connectivity index (χ2n) is 2.99. The zero-order valence-corrected chi connectivity index (χ0v) is 8.01. The van der Waals surface area contributed by atoms with Gasteiger partial charge < -0.3 is 21.3 Å². The molecule has 1 aromatic rings. The van der Waals surface area contributed by atoms with Crippen LogP contribution in [-0.4, -0.2) is 34.5 Å². The van der Waals surface area contributed by atoms with Gasteiger partial charge in [-0.05, 0) is 6.07 Å². The van der Waals surface area contributed by atoms with Gasteiger partial charge in [0.15, 0.2) is 0 Å². The van der Waals surface area contributed by atoms with Crippen LogP contribution in [0.5, 0.6) is 0 Å². The van der Waals surface area contributed by atoms with E-state index in [0.29, 0.717) is 17.1 Å². The van der Waals surface area contributed by atoms with E-state index in [9.17, 15) is 0 Å². The van der Waals surface area contributed by atoms with E-state index in [1.165, 1.54) is 12.3 Å². The molecule has 0 aliphatic rings. The second-order valence-corrected chi connectivity index (χ2v) is 2.99. The monoisotopic (exact) mass is 208 g/mol. The van der Waals surface area contributed by atoms with Gasteiger partial charge in [0.2, 0.25) is 0 Å². The van der Waals surface area contributed by atoms with Crippen molar-refractivity contribution in [3.8, 4) is 6.07 Å². The molecule has 1 unspecified atom stereocenters. The summed E-state index contributed by atoms with van der Waals surface area (Å²) in [6.07, 6.45) is 0.520.